The average molecular weight is 325 g/mol. The summed E-state index contributed by atoms with van der Waals surface area (Å²) in [5.41, 5.74) is 0.885. The minimum atomic E-state index is 0.102. The molecule has 3 heterocycles. The van der Waals surface area contributed by atoms with Crippen LogP contribution in [0.1, 0.15) is 22.5 Å². The Kier molecular flexibility index (Phi) is 3.67. The highest BCUT2D eigenvalue weighted by molar-refractivity contribution is 7.17. The summed E-state index contributed by atoms with van der Waals surface area (Å²) in [4.78, 5) is 20.3. The maximum Gasteiger partial charge on any atom is 0.263 e. The SMILES string of the molecule is O=C(c1ccc(-c2noc(-c3ccccc3)n2)s1)N1CCCC1. The molecule has 1 saturated heterocycles. The lowest BCUT2D eigenvalue weighted by atomic mass is 10.2. The van der Waals surface area contributed by atoms with Gasteiger partial charge in [-0.05, 0) is 37.1 Å². The number of likely N-dealkylation sites (tertiary alicyclic amines) is 1. The second-order valence-electron chi connectivity index (χ2n) is 5.45. The van der Waals surface area contributed by atoms with Crippen LogP contribution in [0.25, 0.3) is 22.2 Å². The summed E-state index contributed by atoms with van der Waals surface area (Å²) < 4.78 is 5.32. The van der Waals surface area contributed by atoms with Gasteiger partial charge in [-0.25, -0.2) is 0 Å². The van der Waals surface area contributed by atoms with Crippen molar-refractivity contribution < 1.29 is 9.32 Å². The number of nitrogens with zero attached hydrogens (tertiary/aromatic N) is 3. The Morgan fingerprint density at radius 2 is 1.87 bits per heavy atom. The van der Waals surface area contributed by atoms with Gasteiger partial charge in [0.15, 0.2) is 0 Å². The maximum absolute atomic E-state index is 12.4. The number of carbonyl (C=O) groups excluding carboxylic acids is 1. The zero-order valence-electron chi connectivity index (χ0n) is 12.4. The van der Waals surface area contributed by atoms with Crippen LogP contribution in [-0.2, 0) is 0 Å². The van der Waals surface area contributed by atoms with Crippen LogP contribution in [0.5, 0.6) is 0 Å². The zero-order chi connectivity index (χ0) is 15.6. The predicted molar refractivity (Wildman–Crippen MR) is 88.2 cm³/mol. The van der Waals surface area contributed by atoms with Crippen molar-refractivity contribution >= 4 is 17.2 Å². The van der Waals surface area contributed by atoms with Crippen molar-refractivity contribution in [1.82, 2.24) is 15.0 Å². The Morgan fingerprint density at radius 1 is 1.09 bits per heavy atom. The van der Waals surface area contributed by atoms with Crippen molar-refractivity contribution in [3.8, 4) is 22.2 Å². The molecule has 0 spiro atoms. The lowest BCUT2D eigenvalue weighted by Gasteiger charge is -2.13. The molecule has 0 atom stereocenters. The quantitative estimate of drug-likeness (QED) is 0.737. The Bertz CT molecular complexity index is 819. The van der Waals surface area contributed by atoms with Gasteiger partial charge in [-0.3, -0.25) is 4.79 Å². The van der Waals surface area contributed by atoms with Gasteiger partial charge in [0.2, 0.25) is 5.82 Å². The maximum atomic E-state index is 12.4. The smallest absolute Gasteiger partial charge is 0.263 e. The van der Waals surface area contributed by atoms with E-state index in [2.05, 4.69) is 10.1 Å². The second-order valence-corrected chi connectivity index (χ2v) is 6.54. The van der Waals surface area contributed by atoms with E-state index < -0.39 is 0 Å². The molecule has 1 aromatic carbocycles. The van der Waals surface area contributed by atoms with E-state index in [4.69, 9.17) is 4.52 Å². The third-order valence-electron chi connectivity index (χ3n) is 3.88. The Balaban J connectivity index is 1.57. The first kappa shape index (κ1) is 14.1. The monoisotopic (exact) mass is 325 g/mol. The molecule has 6 heteroatoms. The molecule has 0 unspecified atom stereocenters. The third-order valence-corrected chi connectivity index (χ3v) is 4.95. The normalized spacial score (nSPS) is 14.3. The largest absolute Gasteiger partial charge is 0.338 e. The molecule has 0 aliphatic carbocycles. The van der Waals surface area contributed by atoms with E-state index in [1.807, 2.05) is 47.4 Å². The summed E-state index contributed by atoms with van der Waals surface area (Å²) in [6.07, 6.45) is 2.19. The average Bonchev–Trinajstić information content (AvgIpc) is 3.35. The molecule has 5 nitrogen and oxygen atoms in total. The molecule has 1 amide bonds. The van der Waals surface area contributed by atoms with Gasteiger partial charge in [-0.15, -0.1) is 11.3 Å². The van der Waals surface area contributed by atoms with Crippen molar-refractivity contribution in [2.75, 3.05) is 13.1 Å². The molecular formula is C17H15N3O2S. The van der Waals surface area contributed by atoms with Gasteiger partial charge in [0.05, 0.1) is 9.75 Å². The number of hydrogen-bond donors (Lipinski definition) is 0. The Morgan fingerprint density at radius 3 is 2.65 bits per heavy atom. The molecular weight excluding hydrogens is 310 g/mol. The molecule has 1 aliphatic heterocycles. The summed E-state index contributed by atoms with van der Waals surface area (Å²) in [5.74, 6) is 1.11. The topological polar surface area (TPSA) is 59.2 Å². The van der Waals surface area contributed by atoms with Crippen LogP contribution in [0.3, 0.4) is 0 Å². The van der Waals surface area contributed by atoms with Crippen LogP contribution in [0.15, 0.2) is 47.0 Å². The van der Waals surface area contributed by atoms with E-state index in [1.54, 1.807) is 0 Å². The van der Waals surface area contributed by atoms with E-state index >= 15 is 0 Å². The molecule has 0 bridgehead atoms. The third kappa shape index (κ3) is 2.77. The number of amides is 1. The van der Waals surface area contributed by atoms with Gasteiger partial charge in [0, 0.05) is 18.7 Å². The minimum Gasteiger partial charge on any atom is -0.338 e. The van der Waals surface area contributed by atoms with E-state index in [0.717, 1.165) is 41.2 Å². The summed E-state index contributed by atoms with van der Waals surface area (Å²) in [6, 6.07) is 13.4. The number of hydrogen-bond acceptors (Lipinski definition) is 5. The molecule has 3 aromatic rings. The predicted octanol–water partition coefficient (Wildman–Crippen LogP) is 3.70. The van der Waals surface area contributed by atoms with Gasteiger partial charge in [-0.1, -0.05) is 23.4 Å². The molecule has 1 aliphatic rings. The fourth-order valence-electron chi connectivity index (χ4n) is 2.67. The summed E-state index contributed by atoms with van der Waals surface area (Å²) >= 11 is 1.41. The van der Waals surface area contributed by atoms with Crippen LogP contribution in [-0.4, -0.2) is 34.0 Å². The first-order chi connectivity index (χ1) is 11.3. The highest BCUT2D eigenvalue weighted by Gasteiger charge is 2.22. The summed E-state index contributed by atoms with van der Waals surface area (Å²) in [5, 5.41) is 4.03. The van der Waals surface area contributed by atoms with Gasteiger partial charge in [-0.2, -0.15) is 4.98 Å². The number of aromatic nitrogens is 2. The Labute approximate surface area is 137 Å². The molecule has 0 saturated carbocycles. The number of benzene rings is 1. The van der Waals surface area contributed by atoms with Crippen LogP contribution < -0.4 is 0 Å². The van der Waals surface area contributed by atoms with Crippen LogP contribution in [0.2, 0.25) is 0 Å². The van der Waals surface area contributed by atoms with E-state index in [1.165, 1.54) is 11.3 Å². The minimum absolute atomic E-state index is 0.102. The summed E-state index contributed by atoms with van der Waals surface area (Å²) in [7, 11) is 0. The van der Waals surface area contributed by atoms with Crippen molar-refractivity contribution in [3.05, 3.63) is 47.3 Å². The zero-order valence-corrected chi connectivity index (χ0v) is 13.3. The molecule has 4 rings (SSSR count). The first-order valence-electron chi connectivity index (χ1n) is 7.60. The van der Waals surface area contributed by atoms with Gasteiger partial charge in [0.1, 0.15) is 0 Å². The molecule has 116 valence electrons. The van der Waals surface area contributed by atoms with Crippen LogP contribution in [0.4, 0.5) is 0 Å². The fourth-order valence-corrected chi connectivity index (χ4v) is 3.57. The molecule has 2 aromatic heterocycles. The first-order valence-corrected chi connectivity index (χ1v) is 8.41. The number of rotatable bonds is 3. The van der Waals surface area contributed by atoms with Gasteiger partial charge >= 0.3 is 0 Å². The number of carbonyl (C=O) groups is 1. The molecule has 23 heavy (non-hydrogen) atoms. The van der Waals surface area contributed by atoms with Crippen molar-refractivity contribution in [1.29, 1.82) is 0 Å². The second kappa shape index (κ2) is 5.96. The van der Waals surface area contributed by atoms with Crippen LogP contribution >= 0.6 is 11.3 Å². The van der Waals surface area contributed by atoms with E-state index in [-0.39, 0.29) is 5.91 Å². The molecule has 0 radical (unpaired) electrons. The van der Waals surface area contributed by atoms with Crippen molar-refractivity contribution in [2.45, 2.75) is 12.8 Å². The van der Waals surface area contributed by atoms with Crippen LogP contribution in [0, 0.1) is 0 Å². The Hall–Kier alpha value is -2.47. The standard InChI is InChI=1S/C17H15N3O2S/c21-17(20-10-4-5-11-20)14-9-8-13(23-14)15-18-16(22-19-15)12-6-2-1-3-7-12/h1-3,6-9H,4-5,10-11H2. The molecule has 1 fully saturated rings. The van der Waals surface area contributed by atoms with Crippen molar-refractivity contribution in [2.24, 2.45) is 0 Å². The van der Waals surface area contributed by atoms with Gasteiger partial charge in [0.25, 0.3) is 11.8 Å². The molecule has 0 N–H and O–H groups in total. The van der Waals surface area contributed by atoms with E-state index in [0.29, 0.717) is 11.7 Å². The van der Waals surface area contributed by atoms with E-state index in [9.17, 15) is 4.79 Å². The highest BCUT2D eigenvalue weighted by Crippen LogP contribution is 2.29. The van der Waals surface area contributed by atoms with Gasteiger partial charge < -0.3 is 9.42 Å². The number of thiophene rings is 1. The lowest BCUT2D eigenvalue weighted by molar-refractivity contribution is 0.0797. The fraction of sp³-hybridized carbons (Fsp3) is 0.235. The summed E-state index contributed by atoms with van der Waals surface area (Å²) in [6.45, 7) is 1.71. The van der Waals surface area contributed by atoms with Crippen molar-refractivity contribution in [3.63, 3.8) is 0 Å². The lowest BCUT2D eigenvalue weighted by Crippen LogP contribution is -2.26. The highest BCUT2D eigenvalue weighted by atomic mass is 32.1.